The van der Waals surface area contributed by atoms with Crippen molar-refractivity contribution < 1.29 is 28.0 Å². The van der Waals surface area contributed by atoms with Gasteiger partial charge in [0, 0.05) is 11.6 Å². The molecule has 0 saturated heterocycles. The van der Waals surface area contributed by atoms with Crippen molar-refractivity contribution in [2.24, 2.45) is 0 Å². The lowest BCUT2D eigenvalue weighted by Gasteiger charge is -2.12. The highest BCUT2D eigenvalue weighted by molar-refractivity contribution is 7.95. The molecule has 6 nitrogen and oxygen atoms in total. The molecule has 4 rings (SSSR count). The highest BCUT2D eigenvalue weighted by atomic mass is 32.2. The molecule has 0 spiro atoms. The molecule has 7 heteroatoms. The van der Waals surface area contributed by atoms with Crippen molar-refractivity contribution in [2.75, 3.05) is 20.8 Å². The third-order valence-corrected chi connectivity index (χ3v) is 7.05. The van der Waals surface area contributed by atoms with E-state index in [0.717, 1.165) is 22.3 Å². The zero-order valence-electron chi connectivity index (χ0n) is 20.0. The molecule has 35 heavy (non-hydrogen) atoms. The van der Waals surface area contributed by atoms with Gasteiger partial charge in [0.1, 0.15) is 17.2 Å². The standard InChI is InChI=1S/C28H26O6S/c1-5-33-26(29)15-9-19-6-12-23(16-18(19)2)34-27-24-14-13-22(32-4)17-25(24)35(30)28(27)20-7-10-21(31-3)11-8-20/h6-17H,5H2,1-4H3/b15-9+. The first-order valence-electron chi connectivity index (χ1n) is 11.1. The van der Waals surface area contributed by atoms with Gasteiger partial charge in [-0.25, -0.2) is 9.00 Å². The molecule has 0 aliphatic carbocycles. The maximum atomic E-state index is 13.6. The van der Waals surface area contributed by atoms with Crippen molar-refractivity contribution in [3.8, 4) is 17.2 Å². The van der Waals surface area contributed by atoms with Crippen molar-refractivity contribution in [1.29, 1.82) is 0 Å². The van der Waals surface area contributed by atoms with Crippen molar-refractivity contribution in [3.63, 3.8) is 0 Å². The normalized spacial score (nSPS) is 14.7. The minimum atomic E-state index is -1.46. The van der Waals surface area contributed by atoms with Crippen LogP contribution in [-0.4, -0.2) is 31.0 Å². The lowest BCUT2D eigenvalue weighted by Crippen LogP contribution is -1.99. The number of aryl methyl sites for hydroxylation is 1. The number of esters is 1. The Morgan fingerprint density at radius 1 is 0.914 bits per heavy atom. The number of hydrogen-bond donors (Lipinski definition) is 0. The number of methoxy groups -OCH3 is 2. The summed E-state index contributed by atoms with van der Waals surface area (Å²) in [6, 6.07) is 18.4. The number of carbonyl (C=O) groups excluding carboxylic acids is 1. The van der Waals surface area contributed by atoms with Gasteiger partial charge in [0.25, 0.3) is 0 Å². The Hall–Kier alpha value is -3.84. The van der Waals surface area contributed by atoms with E-state index in [0.29, 0.717) is 39.4 Å². The topological polar surface area (TPSA) is 71.1 Å². The van der Waals surface area contributed by atoms with E-state index in [1.165, 1.54) is 6.08 Å². The molecule has 1 atom stereocenters. The number of hydrogen-bond acceptors (Lipinski definition) is 6. The minimum Gasteiger partial charge on any atom is -0.497 e. The first-order valence-corrected chi connectivity index (χ1v) is 12.2. The summed E-state index contributed by atoms with van der Waals surface area (Å²) in [4.78, 5) is 12.9. The minimum absolute atomic E-state index is 0.329. The second kappa shape index (κ2) is 10.6. The van der Waals surface area contributed by atoms with Gasteiger partial charge < -0.3 is 18.9 Å². The Bertz CT molecular complexity index is 1340. The number of ether oxygens (including phenoxy) is 4. The number of carbonyl (C=O) groups is 1. The first kappa shape index (κ1) is 24.3. The quantitative estimate of drug-likeness (QED) is 0.302. The fourth-order valence-corrected chi connectivity index (χ4v) is 5.21. The molecule has 0 N–H and O–H groups in total. The fraction of sp³-hybridized carbons (Fsp3) is 0.179. The molecule has 0 bridgehead atoms. The molecule has 0 fully saturated rings. The molecule has 1 aliphatic heterocycles. The summed E-state index contributed by atoms with van der Waals surface area (Å²) in [7, 11) is 1.72. The van der Waals surface area contributed by atoms with E-state index in [1.807, 2.05) is 61.5 Å². The monoisotopic (exact) mass is 490 g/mol. The molecular formula is C28H26O6S. The summed E-state index contributed by atoms with van der Waals surface area (Å²) >= 11 is 0. The van der Waals surface area contributed by atoms with Gasteiger partial charge in [-0.05, 0) is 91.2 Å². The third kappa shape index (κ3) is 5.15. The van der Waals surface area contributed by atoms with E-state index >= 15 is 0 Å². The predicted molar refractivity (Wildman–Crippen MR) is 137 cm³/mol. The molecule has 180 valence electrons. The van der Waals surface area contributed by atoms with E-state index in [1.54, 1.807) is 33.3 Å². The Morgan fingerprint density at radius 3 is 2.26 bits per heavy atom. The Kier molecular flexibility index (Phi) is 7.36. The average molecular weight is 491 g/mol. The molecule has 1 unspecified atom stereocenters. The molecule has 3 aromatic rings. The molecule has 3 aromatic carbocycles. The van der Waals surface area contributed by atoms with Crippen LogP contribution in [0.5, 0.6) is 17.2 Å². The maximum absolute atomic E-state index is 13.6. The maximum Gasteiger partial charge on any atom is 0.330 e. The van der Waals surface area contributed by atoms with Crippen LogP contribution in [0.1, 0.15) is 29.2 Å². The van der Waals surface area contributed by atoms with Crippen LogP contribution in [0.15, 0.2) is 71.6 Å². The molecule has 1 heterocycles. The van der Waals surface area contributed by atoms with Gasteiger partial charge in [0.2, 0.25) is 0 Å². The van der Waals surface area contributed by atoms with Crippen LogP contribution in [0.4, 0.5) is 0 Å². The molecule has 1 aliphatic rings. The summed E-state index contributed by atoms with van der Waals surface area (Å²) < 4.78 is 35.5. The van der Waals surface area contributed by atoms with Crippen LogP contribution in [0, 0.1) is 6.92 Å². The van der Waals surface area contributed by atoms with Gasteiger partial charge in [0.05, 0.1) is 41.4 Å². The van der Waals surface area contributed by atoms with Crippen molar-refractivity contribution in [2.45, 2.75) is 18.7 Å². The van der Waals surface area contributed by atoms with Crippen molar-refractivity contribution in [3.05, 3.63) is 89.0 Å². The molecule has 0 amide bonds. The summed E-state index contributed by atoms with van der Waals surface area (Å²) in [6.45, 7) is 4.03. The zero-order chi connectivity index (χ0) is 24.9. The summed E-state index contributed by atoms with van der Waals surface area (Å²) in [5, 5.41) is 0. The van der Waals surface area contributed by atoms with E-state index < -0.39 is 10.8 Å². The van der Waals surface area contributed by atoms with Gasteiger partial charge in [-0.2, -0.15) is 0 Å². The van der Waals surface area contributed by atoms with Gasteiger partial charge in [0.15, 0.2) is 5.76 Å². The number of fused-ring (bicyclic) bond motifs is 1. The van der Waals surface area contributed by atoms with Gasteiger partial charge >= 0.3 is 5.97 Å². The van der Waals surface area contributed by atoms with Crippen molar-refractivity contribution >= 4 is 33.5 Å². The lowest BCUT2D eigenvalue weighted by atomic mass is 10.1. The highest BCUT2D eigenvalue weighted by Crippen LogP contribution is 2.44. The van der Waals surface area contributed by atoms with E-state index in [4.69, 9.17) is 18.9 Å². The van der Waals surface area contributed by atoms with Gasteiger partial charge in [-0.15, -0.1) is 0 Å². The Morgan fingerprint density at radius 2 is 1.60 bits per heavy atom. The summed E-state index contributed by atoms with van der Waals surface area (Å²) in [6.07, 6.45) is 3.12. The summed E-state index contributed by atoms with van der Waals surface area (Å²) in [5.74, 6) is 2.07. The Labute approximate surface area is 207 Å². The van der Waals surface area contributed by atoms with Gasteiger partial charge in [-0.3, -0.25) is 0 Å². The third-order valence-electron chi connectivity index (χ3n) is 5.52. The van der Waals surface area contributed by atoms with Crippen LogP contribution in [0.2, 0.25) is 0 Å². The molecule has 0 radical (unpaired) electrons. The second-order valence-electron chi connectivity index (χ2n) is 7.72. The van der Waals surface area contributed by atoms with E-state index in [-0.39, 0.29) is 5.97 Å². The van der Waals surface area contributed by atoms with Gasteiger partial charge in [-0.1, -0.05) is 6.07 Å². The van der Waals surface area contributed by atoms with Crippen LogP contribution in [-0.2, 0) is 20.3 Å². The molecule has 0 aromatic heterocycles. The SMILES string of the molecule is CCOC(=O)/C=C/c1ccc(OC2=C(c3ccc(OC)cc3)S(=O)c3cc(OC)ccc32)cc1C. The molecular weight excluding hydrogens is 464 g/mol. The van der Waals surface area contributed by atoms with Crippen molar-refractivity contribution in [1.82, 2.24) is 0 Å². The zero-order valence-corrected chi connectivity index (χ0v) is 20.8. The molecule has 0 saturated carbocycles. The smallest absolute Gasteiger partial charge is 0.330 e. The second-order valence-corrected chi connectivity index (χ2v) is 9.11. The van der Waals surface area contributed by atoms with Crippen LogP contribution in [0.3, 0.4) is 0 Å². The fourth-order valence-electron chi connectivity index (χ4n) is 3.73. The average Bonchev–Trinajstić information content (AvgIpc) is 3.14. The Balaban J connectivity index is 1.73. The largest absolute Gasteiger partial charge is 0.497 e. The lowest BCUT2D eigenvalue weighted by molar-refractivity contribution is -0.137. The van der Waals surface area contributed by atoms with E-state index in [2.05, 4.69) is 0 Å². The van der Waals surface area contributed by atoms with Crippen LogP contribution < -0.4 is 14.2 Å². The predicted octanol–water partition coefficient (Wildman–Crippen LogP) is 5.61. The van der Waals surface area contributed by atoms with Crippen LogP contribution in [0.25, 0.3) is 16.7 Å². The number of benzene rings is 3. The summed E-state index contributed by atoms with van der Waals surface area (Å²) in [5.41, 5.74) is 3.32. The van der Waals surface area contributed by atoms with Crippen LogP contribution >= 0.6 is 0 Å². The van der Waals surface area contributed by atoms with E-state index in [9.17, 15) is 9.00 Å². The first-order chi connectivity index (χ1) is 16.9. The number of rotatable bonds is 8. The highest BCUT2D eigenvalue weighted by Gasteiger charge is 2.32.